The van der Waals surface area contributed by atoms with Gasteiger partial charge in [-0.3, -0.25) is 4.79 Å². The zero-order valence-corrected chi connectivity index (χ0v) is 13.6. The van der Waals surface area contributed by atoms with Gasteiger partial charge in [0, 0.05) is 38.5 Å². The smallest absolute Gasteiger partial charge is 0.318 e. The average Bonchev–Trinajstić information content (AvgIpc) is 3.27. The number of imidazole rings is 1. The number of piperidine rings is 1. The van der Waals surface area contributed by atoms with E-state index in [4.69, 9.17) is 4.74 Å². The number of nitrogens with one attached hydrogen (secondary N) is 2. The third-order valence-corrected chi connectivity index (χ3v) is 5.15. The van der Waals surface area contributed by atoms with E-state index >= 15 is 0 Å². The van der Waals surface area contributed by atoms with Gasteiger partial charge in [0.15, 0.2) is 0 Å². The molecule has 3 amide bonds. The summed E-state index contributed by atoms with van der Waals surface area (Å²) in [6, 6.07) is -0.308. The Balaban J connectivity index is 1.41. The fourth-order valence-corrected chi connectivity index (χ4v) is 3.82. The van der Waals surface area contributed by atoms with Crippen LogP contribution in [0.25, 0.3) is 0 Å². The predicted molar refractivity (Wildman–Crippen MR) is 85.1 cm³/mol. The molecule has 0 bridgehead atoms. The van der Waals surface area contributed by atoms with Crippen LogP contribution >= 0.6 is 0 Å². The van der Waals surface area contributed by atoms with Crippen molar-refractivity contribution in [1.29, 1.82) is 0 Å². The van der Waals surface area contributed by atoms with Crippen molar-refractivity contribution in [3.05, 3.63) is 18.2 Å². The van der Waals surface area contributed by atoms with Crippen LogP contribution in [-0.2, 0) is 22.6 Å². The molecule has 2 saturated heterocycles. The number of ether oxygens (including phenoxy) is 1. The van der Waals surface area contributed by atoms with Crippen LogP contribution in [0.5, 0.6) is 0 Å². The van der Waals surface area contributed by atoms with Gasteiger partial charge >= 0.3 is 6.03 Å². The summed E-state index contributed by atoms with van der Waals surface area (Å²) >= 11 is 0. The minimum atomic E-state index is -0.135. The van der Waals surface area contributed by atoms with Crippen LogP contribution in [0.4, 0.5) is 4.79 Å². The molecule has 1 aromatic heterocycles. The zero-order chi connectivity index (χ0) is 16.5. The number of rotatable bonds is 2. The van der Waals surface area contributed by atoms with Crippen LogP contribution in [0, 0.1) is 0 Å². The maximum Gasteiger partial charge on any atom is 0.318 e. The van der Waals surface area contributed by atoms with Gasteiger partial charge in [-0.1, -0.05) is 0 Å². The number of hydrogen-bond donors (Lipinski definition) is 2. The standard InChI is InChI=1S/C16H23N5O3/c22-14-4-3-11(15(19-14)12-2-1-9-24-12)18-16(23)21-8-7-20-6-5-17-13(20)10-21/h5-6,11-12,15H,1-4,7-10H2,(H,18,23)(H,19,22). The Labute approximate surface area is 140 Å². The van der Waals surface area contributed by atoms with E-state index in [1.807, 2.05) is 6.20 Å². The lowest BCUT2D eigenvalue weighted by Crippen LogP contribution is -2.61. The second-order valence-corrected chi connectivity index (χ2v) is 6.70. The molecule has 0 aliphatic carbocycles. The lowest BCUT2D eigenvalue weighted by atomic mass is 9.92. The molecule has 1 aromatic rings. The summed E-state index contributed by atoms with van der Waals surface area (Å²) in [6.45, 7) is 2.67. The minimum absolute atomic E-state index is 0.000181. The number of urea groups is 1. The van der Waals surface area contributed by atoms with Crippen molar-refractivity contribution in [3.8, 4) is 0 Å². The molecule has 0 saturated carbocycles. The Morgan fingerprint density at radius 3 is 3.12 bits per heavy atom. The van der Waals surface area contributed by atoms with Crippen LogP contribution in [0.15, 0.2) is 12.4 Å². The van der Waals surface area contributed by atoms with E-state index in [0.717, 1.165) is 31.8 Å². The number of carbonyl (C=O) groups is 2. The summed E-state index contributed by atoms with van der Waals surface area (Å²) in [5, 5.41) is 6.13. The third-order valence-electron chi connectivity index (χ3n) is 5.15. The quantitative estimate of drug-likeness (QED) is 0.811. The molecule has 3 aliphatic rings. The van der Waals surface area contributed by atoms with Gasteiger partial charge in [-0.2, -0.15) is 0 Å². The number of carbonyl (C=O) groups excluding carboxylic acids is 2. The fraction of sp³-hybridized carbons (Fsp3) is 0.688. The minimum Gasteiger partial charge on any atom is -0.376 e. The normalized spacial score (nSPS) is 29.9. The highest BCUT2D eigenvalue weighted by Crippen LogP contribution is 2.23. The topological polar surface area (TPSA) is 88.5 Å². The van der Waals surface area contributed by atoms with Gasteiger partial charge < -0.3 is 24.8 Å². The Kier molecular flexibility index (Phi) is 4.13. The van der Waals surface area contributed by atoms with Crippen LogP contribution < -0.4 is 10.6 Å². The summed E-state index contributed by atoms with van der Waals surface area (Å²) in [5.74, 6) is 0.949. The maximum absolute atomic E-state index is 12.7. The summed E-state index contributed by atoms with van der Waals surface area (Å²) in [4.78, 5) is 30.5. The Morgan fingerprint density at radius 2 is 2.29 bits per heavy atom. The molecule has 4 rings (SSSR count). The van der Waals surface area contributed by atoms with Crippen LogP contribution in [0.3, 0.4) is 0 Å². The van der Waals surface area contributed by atoms with Crippen molar-refractivity contribution >= 4 is 11.9 Å². The molecule has 3 unspecified atom stereocenters. The molecule has 8 heteroatoms. The van der Waals surface area contributed by atoms with Gasteiger partial charge in [0.25, 0.3) is 0 Å². The van der Waals surface area contributed by atoms with E-state index in [1.165, 1.54) is 0 Å². The lowest BCUT2D eigenvalue weighted by Gasteiger charge is -2.37. The largest absolute Gasteiger partial charge is 0.376 e. The molecule has 24 heavy (non-hydrogen) atoms. The molecule has 130 valence electrons. The maximum atomic E-state index is 12.7. The first kappa shape index (κ1) is 15.4. The number of nitrogens with zero attached hydrogens (tertiary/aromatic N) is 3. The highest BCUT2D eigenvalue weighted by molar-refractivity contribution is 5.79. The Morgan fingerprint density at radius 1 is 1.38 bits per heavy atom. The monoisotopic (exact) mass is 333 g/mol. The second-order valence-electron chi connectivity index (χ2n) is 6.70. The van der Waals surface area contributed by atoms with Crippen LogP contribution in [-0.4, -0.2) is 57.7 Å². The average molecular weight is 333 g/mol. The van der Waals surface area contributed by atoms with E-state index in [-0.39, 0.29) is 30.1 Å². The summed E-state index contributed by atoms with van der Waals surface area (Å²) in [7, 11) is 0. The summed E-state index contributed by atoms with van der Waals surface area (Å²) < 4.78 is 7.81. The van der Waals surface area contributed by atoms with Crippen molar-refractivity contribution in [2.24, 2.45) is 0 Å². The lowest BCUT2D eigenvalue weighted by molar-refractivity contribution is -0.125. The van der Waals surface area contributed by atoms with Crippen molar-refractivity contribution in [1.82, 2.24) is 25.1 Å². The van der Waals surface area contributed by atoms with E-state index < -0.39 is 0 Å². The highest BCUT2D eigenvalue weighted by atomic mass is 16.5. The van der Waals surface area contributed by atoms with Gasteiger partial charge in [-0.25, -0.2) is 9.78 Å². The van der Waals surface area contributed by atoms with Gasteiger partial charge in [-0.05, 0) is 19.3 Å². The van der Waals surface area contributed by atoms with E-state index in [9.17, 15) is 9.59 Å². The van der Waals surface area contributed by atoms with Crippen molar-refractivity contribution in [2.75, 3.05) is 13.2 Å². The SMILES string of the molecule is O=C1CCC(NC(=O)N2CCn3ccnc3C2)C(C2CCCO2)N1. The predicted octanol–water partition coefficient (Wildman–Crippen LogP) is 0.234. The molecular weight excluding hydrogens is 310 g/mol. The molecular formula is C16H23N5O3. The second kappa shape index (κ2) is 6.43. The van der Waals surface area contributed by atoms with E-state index in [0.29, 0.717) is 25.9 Å². The van der Waals surface area contributed by atoms with Crippen molar-refractivity contribution in [3.63, 3.8) is 0 Å². The number of aromatic nitrogens is 2. The van der Waals surface area contributed by atoms with Crippen LogP contribution in [0.1, 0.15) is 31.5 Å². The Bertz CT molecular complexity index is 625. The Hall–Kier alpha value is -2.09. The molecule has 4 heterocycles. The highest BCUT2D eigenvalue weighted by Gasteiger charge is 2.38. The number of hydrogen-bond acceptors (Lipinski definition) is 4. The molecule has 3 aliphatic heterocycles. The van der Waals surface area contributed by atoms with E-state index in [1.54, 1.807) is 11.1 Å². The molecule has 3 atom stereocenters. The molecule has 0 radical (unpaired) electrons. The van der Waals surface area contributed by atoms with E-state index in [2.05, 4.69) is 20.2 Å². The molecule has 0 aromatic carbocycles. The number of amides is 3. The van der Waals surface area contributed by atoms with Crippen molar-refractivity contribution in [2.45, 2.75) is 57.0 Å². The molecule has 2 fully saturated rings. The van der Waals surface area contributed by atoms with Gasteiger partial charge in [0.05, 0.1) is 24.7 Å². The zero-order valence-electron chi connectivity index (χ0n) is 13.6. The van der Waals surface area contributed by atoms with Crippen LogP contribution in [0.2, 0.25) is 0 Å². The first-order valence-electron chi connectivity index (χ1n) is 8.67. The van der Waals surface area contributed by atoms with Gasteiger partial charge in [0.1, 0.15) is 5.82 Å². The van der Waals surface area contributed by atoms with Gasteiger partial charge in [0.2, 0.25) is 5.91 Å². The first-order valence-corrected chi connectivity index (χ1v) is 8.67. The fourth-order valence-electron chi connectivity index (χ4n) is 3.82. The first-order chi connectivity index (χ1) is 11.7. The number of fused-ring (bicyclic) bond motifs is 1. The molecule has 2 N–H and O–H groups in total. The van der Waals surface area contributed by atoms with Gasteiger partial charge in [-0.15, -0.1) is 0 Å². The summed E-state index contributed by atoms with van der Waals surface area (Å²) in [6.07, 6.45) is 6.74. The van der Waals surface area contributed by atoms with Crippen molar-refractivity contribution < 1.29 is 14.3 Å². The molecule has 0 spiro atoms. The summed E-state index contributed by atoms with van der Waals surface area (Å²) in [5.41, 5.74) is 0. The molecule has 8 nitrogen and oxygen atoms in total. The third kappa shape index (κ3) is 2.98.